The predicted molar refractivity (Wildman–Crippen MR) is 82.8 cm³/mol. The van der Waals surface area contributed by atoms with Gasteiger partial charge >= 0.3 is 0 Å². The highest BCUT2D eigenvalue weighted by molar-refractivity contribution is 9.09. The van der Waals surface area contributed by atoms with Crippen LogP contribution >= 0.6 is 15.9 Å². The predicted octanol–water partition coefficient (Wildman–Crippen LogP) is 4.93. The summed E-state index contributed by atoms with van der Waals surface area (Å²) in [7, 11) is 0. The lowest BCUT2D eigenvalue weighted by molar-refractivity contribution is 0.103. The lowest BCUT2D eigenvalue weighted by Gasteiger charge is -2.08. The second-order valence-electron chi connectivity index (χ2n) is 4.31. The van der Waals surface area contributed by atoms with Gasteiger partial charge < -0.3 is 0 Å². The van der Waals surface area contributed by atoms with E-state index in [4.69, 9.17) is 0 Å². The van der Waals surface area contributed by atoms with Crippen molar-refractivity contribution in [3.05, 3.63) is 83.9 Å². The van der Waals surface area contributed by atoms with Crippen molar-refractivity contribution < 1.29 is 4.79 Å². The van der Waals surface area contributed by atoms with Crippen LogP contribution < -0.4 is 0 Å². The van der Waals surface area contributed by atoms with Gasteiger partial charge in [-0.1, -0.05) is 76.6 Å². The summed E-state index contributed by atoms with van der Waals surface area (Å²) in [5.41, 5.74) is 2.59. The van der Waals surface area contributed by atoms with E-state index in [9.17, 15) is 4.79 Å². The number of allylic oxidation sites excluding steroid dienone is 1. The minimum atomic E-state index is 0.0574. The molecule has 0 aliphatic heterocycles. The standard InChI is InChI=1S/C17H15BrO/c1-2-6-16(18)13-9-11-15(12-10-13)17(19)14-7-4-3-5-8-14/h2-5,7-12,16H,1,6H2. The van der Waals surface area contributed by atoms with Gasteiger partial charge in [0, 0.05) is 16.0 Å². The molecular weight excluding hydrogens is 300 g/mol. The monoisotopic (exact) mass is 314 g/mol. The van der Waals surface area contributed by atoms with Crippen molar-refractivity contribution >= 4 is 21.7 Å². The zero-order valence-electron chi connectivity index (χ0n) is 10.6. The normalized spacial score (nSPS) is 11.8. The van der Waals surface area contributed by atoms with Gasteiger partial charge in [0.05, 0.1) is 0 Å². The maximum absolute atomic E-state index is 12.2. The van der Waals surface area contributed by atoms with Crippen LogP contribution in [0.15, 0.2) is 67.3 Å². The number of ketones is 1. The maximum Gasteiger partial charge on any atom is 0.193 e. The van der Waals surface area contributed by atoms with Gasteiger partial charge in [-0.25, -0.2) is 0 Å². The molecule has 0 spiro atoms. The van der Waals surface area contributed by atoms with Crippen molar-refractivity contribution in [3.8, 4) is 0 Å². The van der Waals surface area contributed by atoms with Gasteiger partial charge in [-0.05, 0) is 12.0 Å². The molecule has 0 fully saturated rings. The molecule has 2 aromatic carbocycles. The maximum atomic E-state index is 12.2. The highest BCUT2D eigenvalue weighted by Crippen LogP contribution is 2.27. The lowest BCUT2D eigenvalue weighted by atomic mass is 10.0. The molecule has 0 aliphatic rings. The highest BCUT2D eigenvalue weighted by Gasteiger charge is 2.10. The van der Waals surface area contributed by atoms with E-state index in [2.05, 4.69) is 22.5 Å². The van der Waals surface area contributed by atoms with Crippen LogP contribution in [0, 0.1) is 0 Å². The van der Waals surface area contributed by atoms with Gasteiger partial charge in [-0.3, -0.25) is 4.79 Å². The number of rotatable bonds is 5. The van der Waals surface area contributed by atoms with E-state index in [1.807, 2.05) is 60.7 Å². The summed E-state index contributed by atoms with van der Waals surface area (Å²) >= 11 is 3.60. The first-order chi connectivity index (χ1) is 9.22. The second-order valence-corrected chi connectivity index (χ2v) is 5.41. The Kier molecular flexibility index (Phi) is 4.69. The third-order valence-electron chi connectivity index (χ3n) is 2.94. The minimum Gasteiger partial charge on any atom is -0.289 e. The van der Waals surface area contributed by atoms with Crippen molar-refractivity contribution in [2.24, 2.45) is 0 Å². The molecule has 2 heteroatoms. The van der Waals surface area contributed by atoms with Crippen molar-refractivity contribution in [1.29, 1.82) is 0 Å². The van der Waals surface area contributed by atoms with Crippen LogP contribution in [0.3, 0.4) is 0 Å². The fraction of sp³-hybridized carbons (Fsp3) is 0.118. The van der Waals surface area contributed by atoms with Gasteiger partial charge in [0.1, 0.15) is 0 Å². The Morgan fingerprint density at radius 3 is 2.21 bits per heavy atom. The Balaban J connectivity index is 2.19. The van der Waals surface area contributed by atoms with Crippen LogP contribution in [0.4, 0.5) is 0 Å². The zero-order chi connectivity index (χ0) is 13.7. The fourth-order valence-electron chi connectivity index (χ4n) is 1.88. The first-order valence-electron chi connectivity index (χ1n) is 6.17. The molecule has 0 aromatic heterocycles. The van der Waals surface area contributed by atoms with Gasteiger partial charge in [0.2, 0.25) is 0 Å². The Labute approximate surface area is 122 Å². The van der Waals surface area contributed by atoms with Crippen molar-refractivity contribution in [3.63, 3.8) is 0 Å². The fourth-order valence-corrected chi connectivity index (χ4v) is 2.45. The molecule has 1 nitrogen and oxygen atoms in total. The largest absolute Gasteiger partial charge is 0.289 e. The zero-order valence-corrected chi connectivity index (χ0v) is 12.1. The Hall–Kier alpha value is -1.67. The molecule has 0 N–H and O–H groups in total. The van der Waals surface area contributed by atoms with Crippen molar-refractivity contribution in [1.82, 2.24) is 0 Å². The van der Waals surface area contributed by atoms with E-state index in [1.165, 1.54) is 0 Å². The molecule has 1 unspecified atom stereocenters. The lowest BCUT2D eigenvalue weighted by Crippen LogP contribution is -2.01. The molecule has 19 heavy (non-hydrogen) atoms. The van der Waals surface area contributed by atoms with Gasteiger partial charge in [0.25, 0.3) is 0 Å². The van der Waals surface area contributed by atoms with Gasteiger partial charge in [-0.2, -0.15) is 0 Å². The van der Waals surface area contributed by atoms with Crippen molar-refractivity contribution in [2.75, 3.05) is 0 Å². The number of alkyl halides is 1. The molecule has 1 atom stereocenters. The van der Waals surface area contributed by atoms with Crippen LogP contribution in [-0.2, 0) is 0 Å². The first-order valence-corrected chi connectivity index (χ1v) is 7.08. The third kappa shape index (κ3) is 3.42. The summed E-state index contributed by atoms with van der Waals surface area (Å²) in [6.07, 6.45) is 2.74. The molecule has 0 heterocycles. The number of halogens is 1. The molecule has 0 radical (unpaired) electrons. The first kappa shape index (κ1) is 13.8. The summed E-state index contributed by atoms with van der Waals surface area (Å²) in [6, 6.07) is 17.1. The molecule has 96 valence electrons. The van der Waals surface area contributed by atoms with E-state index in [0.29, 0.717) is 5.56 Å². The number of carbonyl (C=O) groups is 1. The van der Waals surface area contributed by atoms with E-state index in [-0.39, 0.29) is 10.6 Å². The number of hydrogen-bond donors (Lipinski definition) is 0. The molecule has 0 bridgehead atoms. The van der Waals surface area contributed by atoms with E-state index in [0.717, 1.165) is 17.5 Å². The van der Waals surface area contributed by atoms with Crippen LogP contribution in [0.25, 0.3) is 0 Å². The van der Waals surface area contributed by atoms with Crippen LogP contribution in [-0.4, -0.2) is 5.78 Å². The van der Waals surface area contributed by atoms with E-state index >= 15 is 0 Å². The van der Waals surface area contributed by atoms with Crippen LogP contribution in [0.1, 0.15) is 32.7 Å². The Morgan fingerprint density at radius 2 is 1.63 bits per heavy atom. The van der Waals surface area contributed by atoms with E-state index in [1.54, 1.807) is 0 Å². The van der Waals surface area contributed by atoms with Crippen LogP contribution in [0.2, 0.25) is 0 Å². The SMILES string of the molecule is C=CCC(Br)c1ccc(C(=O)c2ccccc2)cc1. The average Bonchev–Trinajstić information content (AvgIpc) is 2.48. The molecule has 0 saturated heterocycles. The smallest absolute Gasteiger partial charge is 0.193 e. The van der Waals surface area contributed by atoms with Crippen molar-refractivity contribution in [2.45, 2.75) is 11.2 Å². The summed E-state index contributed by atoms with van der Waals surface area (Å²) in [5.74, 6) is 0.0574. The summed E-state index contributed by atoms with van der Waals surface area (Å²) in [6.45, 7) is 3.73. The topological polar surface area (TPSA) is 17.1 Å². The number of hydrogen-bond acceptors (Lipinski definition) is 1. The molecule has 2 aromatic rings. The number of carbonyl (C=O) groups excluding carboxylic acids is 1. The van der Waals surface area contributed by atoms with Crippen LogP contribution in [0.5, 0.6) is 0 Å². The summed E-state index contributed by atoms with van der Waals surface area (Å²) < 4.78 is 0. The molecule has 2 rings (SSSR count). The highest BCUT2D eigenvalue weighted by atomic mass is 79.9. The quantitative estimate of drug-likeness (QED) is 0.434. The molecule has 0 aliphatic carbocycles. The molecular formula is C17H15BrO. The minimum absolute atomic E-state index is 0.0574. The summed E-state index contributed by atoms with van der Waals surface area (Å²) in [5, 5.41) is 0. The summed E-state index contributed by atoms with van der Waals surface area (Å²) in [4.78, 5) is 12.5. The Bertz CT molecular complexity index is 558. The number of benzene rings is 2. The third-order valence-corrected chi connectivity index (χ3v) is 3.85. The molecule has 0 amide bonds. The second kappa shape index (κ2) is 6.48. The average molecular weight is 315 g/mol. The Morgan fingerprint density at radius 1 is 1.05 bits per heavy atom. The molecule has 0 saturated carbocycles. The van der Waals surface area contributed by atoms with Gasteiger partial charge in [-0.15, -0.1) is 6.58 Å². The van der Waals surface area contributed by atoms with Gasteiger partial charge in [0.15, 0.2) is 5.78 Å². The van der Waals surface area contributed by atoms with E-state index < -0.39 is 0 Å².